The van der Waals surface area contributed by atoms with E-state index in [0.29, 0.717) is 16.9 Å². The Balaban J connectivity index is 1.83. The number of hydrogen-bond donors (Lipinski definition) is 1. The van der Waals surface area contributed by atoms with Gasteiger partial charge in [-0.25, -0.2) is 9.97 Å². The first kappa shape index (κ1) is 19.4. The number of rotatable bonds is 5. The van der Waals surface area contributed by atoms with E-state index in [1.165, 1.54) is 59.8 Å². The molecule has 2 heterocycles. The quantitative estimate of drug-likeness (QED) is 0.657. The van der Waals surface area contributed by atoms with Crippen molar-refractivity contribution >= 4 is 23.2 Å². The number of ether oxygens (including phenoxy) is 1. The molecule has 2 aromatic heterocycles. The van der Waals surface area contributed by atoms with Crippen molar-refractivity contribution in [1.29, 1.82) is 0 Å². The van der Waals surface area contributed by atoms with Crippen LogP contribution in [0.15, 0.2) is 60.0 Å². The van der Waals surface area contributed by atoms with Crippen LogP contribution in [-0.4, -0.2) is 26.0 Å². The highest BCUT2D eigenvalue weighted by molar-refractivity contribution is 6.20. The van der Waals surface area contributed by atoms with Crippen LogP contribution in [0, 0.1) is 6.92 Å². The number of alkyl halides is 3. The first-order valence-corrected chi connectivity index (χ1v) is 8.26. The average molecular weight is 407 g/mol. The molecule has 0 aliphatic carbocycles. The van der Waals surface area contributed by atoms with Crippen LogP contribution < -0.4 is 15.6 Å². The minimum Gasteiger partial charge on any atom is -0.420 e. The van der Waals surface area contributed by atoms with E-state index in [9.17, 15) is 18.4 Å². The fraction of sp³-hybridized carbons (Fsp3) is 0.111. The predicted molar refractivity (Wildman–Crippen MR) is 98.2 cm³/mol. The molecule has 0 saturated carbocycles. The Morgan fingerprint density at radius 3 is 2.46 bits per heavy atom. The summed E-state index contributed by atoms with van der Waals surface area (Å²) >= 11 is 4.70. The van der Waals surface area contributed by atoms with Crippen molar-refractivity contribution in [2.75, 3.05) is 5.32 Å². The lowest BCUT2D eigenvalue weighted by atomic mass is 10.2. The second-order valence-electron chi connectivity index (χ2n) is 5.71. The van der Waals surface area contributed by atoms with Crippen LogP contribution in [0.5, 0.6) is 5.75 Å². The molecular formula is C18H13ClF2N4O3. The molecule has 1 aromatic carbocycles. The molecule has 0 radical (unpaired) electrons. The molecule has 0 saturated heterocycles. The Morgan fingerprint density at radius 1 is 1.21 bits per heavy atom. The summed E-state index contributed by atoms with van der Waals surface area (Å²) in [5.74, 6) is -0.656. The Bertz CT molecular complexity index is 1050. The van der Waals surface area contributed by atoms with Gasteiger partial charge in [0, 0.05) is 29.0 Å². The number of halogens is 3. The lowest BCUT2D eigenvalue weighted by molar-refractivity contribution is -0.0964. The topological polar surface area (TPSA) is 86.1 Å². The van der Waals surface area contributed by atoms with Gasteiger partial charge in [-0.1, -0.05) is 0 Å². The van der Waals surface area contributed by atoms with E-state index in [4.69, 9.17) is 11.6 Å². The zero-order valence-corrected chi connectivity index (χ0v) is 15.2. The van der Waals surface area contributed by atoms with Crippen LogP contribution in [-0.2, 0) is 0 Å². The maximum atomic E-state index is 12.6. The van der Waals surface area contributed by atoms with Gasteiger partial charge in [-0.15, -0.1) is 8.78 Å². The zero-order valence-electron chi connectivity index (χ0n) is 14.4. The number of aromatic nitrogens is 3. The first-order valence-electron chi connectivity index (χ1n) is 7.89. The zero-order chi connectivity index (χ0) is 20.3. The largest absolute Gasteiger partial charge is 0.487 e. The molecule has 10 heteroatoms. The number of carbonyl (C=O) groups is 1. The van der Waals surface area contributed by atoms with E-state index < -0.39 is 11.5 Å². The van der Waals surface area contributed by atoms with Gasteiger partial charge in [0.1, 0.15) is 12.1 Å². The maximum Gasteiger partial charge on any atom is 0.487 e. The summed E-state index contributed by atoms with van der Waals surface area (Å²) in [4.78, 5) is 32.6. The fourth-order valence-corrected chi connectivity index (χ4v) is 2.48. The van der Waals surface area contributed by atoms with Crippen LogP contribution in [0.1, 0.15) is 15.9 Å². The number of anilines is 1. The second-order valence-corrected chi connectivity index (χ2v) is 6.15. The summed E-state index contributed by atoms with van der Waals surface area (Å²) in [6.45, 7) is 1.58. The number of benzene rings is 1. The van der Waals surface area contributed by atoms with Crippen LogP contribution in [0.4, 0.5) is 14.5 Å². The molecule has 7 nitrogen and oxygen atoms in total. The van der Waals surface area contributed by atoms with Gasteiger partial charge in [-0.05, 0) is 37.3 Å². The summed E-state index contributed by atoms with van der Waals surface area (Å²) in [5.41, 5.74) is -2.81. The lowest BCUT2D eigenvalue weighted by Gasteiger charge is -2.12. The second kappa shape index (κ2) is 7.73. The normalized spacial score (nSPS) is 11.1. The van der Waals surface area contributed by atoms with Crippen molar-refractivity contribution in [3.63, 3.8) is 0 Å². The molecule has 3 aromatic rings. The van der Waals surface area contributed by atoms with E-state index in [1.54, 1.807) is 6.92 Å². The molecule has 0 aliphatic heterocycles. The van der Waals surface area contributed by atoms with Gasteiger partial charge < -0.3 is 10.1 Å². The summed E-state index contributed by atoms with van der Waals surface area (Å²) in [5, 5.41) is 2.61. The number of nitrogens with one attached hydrogen (secondary N) is 1. The maximum absolute atomic E-state index is 12.6. The number of aryl methyl sites for hydroxylation is 1. The fourth-order valence-electron chi connectivity index (χ4n) is 2.39. The highest BCUT2D eigenvalue weighted by Gasteiger charge is 2.27. The summed E-state index contributed by atoms with van der Waals surface area (Å²) in [7, 11) is 0. The van der Waals surface area contributed by atoms with E-state index >= 15 is 0 Å². The van der Waals surface area contributed by atoms with E-state index in [1.807, 2.05) is 0 Å². The third-order valence-corrected chi connectivity index (χ3v) is 3.71. The summed E-state index contributed by atoms with van der Waals surface area (Å²) in [6, 6.07) is 6.68. The van der Waals surface area contributed by atoms with Crippen molar-refractivity contribution in [3.8, 4) is 11.4 Å². The van der Waals surface area contributed by atoms with E-state index in [2.05, 4.69) is 20.0 Å². The number of amides is 1. The molecule has 1 N–H and O–H groups in total. The van der Waals surface area contributed by atoms with Crippen molar-refractivity contribution < 1.29 is 18.3 Å². The van der Waals surface area contributed by atoms with Gasteiger partial charge in [0.25, 0.3) is 11.5 Å². The molecule has 144 valence electrons. The molecule has 0 spiro atoms. The summed E-state index contributed by atoms with van der Waals surface area (Å²) < 4.78 is 30.7. The van der Waals surface area contributed by atoms with Crippen LogP contribution in [0.2, 0.25) is 0 Å². The van der Waals surface area contributed by atoms with E-state index in [-0.39, 0.29) is 16.9 Å². The van der Waals surface area contributed by atoms with Crippen molar-refractivity contribution in [1.82, 2.24) is 14.5 Å². The Labute approximate surface area is 162 Å². The Hall–Kier alpha value is -3.33. The third-order valence-electron chi connectivity index (χ3n) is 3.63. The Kier molecular flexibility index (Phi) is 5.36. The molecule has 0 fully saturated rings. The van der Waals surface area contributed by atoms with Gasteiger partial charge in [0.15, 0.2) is 0 Å². The van der Waals surface area contributed by atoms with Crippen molar-refractivity contribution in [2.45, 2.75) is 12.5 Å². The molecule has 0 atom stereocenters. The number of nitrogens with zero attached hydrogens (tertiary/aromatic N) is 3. The van der Waals surface area contributed by atoms with Crippen LogP contribution >= 0.6 is 11.6 Å². The Morgan fingerprint density at radius 2 is 1.86 bits per heavy atom. The summed E-state index contributed by atoms with van der Waals surface area (Å²) in [6.07, 6.45) is 5.59. The minimum atomic E-state index is -3.82. The van der Waals surface area contributed by atoms with Gasteiger partial charge >= 0.3 is 5.57 Å². The first-order chi connectivity index (χ1) is 13.2. The SMILES string of the molecule is Cc1cc(C(=O)Nc2ccc(OC(F)(F)Cl)cc2)cn(-c2cncnc2)c1=O. The third kappa shape index (κ3) is 4.68. The van der Waals surface area contributed by atoms with Crippen molar-refractivity contribution in [2.24, 2.45) is 0 Å². The van der Waals surface area contributed by atoms with Gasteiger partial charge in [0.2, 0.25) is 0 Å². The van der Waals surface area contributed by atoms with Crippen molar-refractivity contribution in [3.05, 3.63) is 76.7 Å². The predicted octanol–water partition coefficient (Wildman–Crippen LogP) is 3.36. The van der Waals surface area contributed by atoms with Gasteiger partial charge in [-0.3, -0.25) is 14.2 Å². The standard InChI is InChI=1S/C18H13ClF2N4O3/c1-11-6-12(9-25(17(11)27)14-7-22-10-23-8-14)16(26)24-13-2-4-15(5-3-13)28-18(19,20)21/h2-10H,1H3,(H,24,26). The molecule has 3 rings (SSSR count). The molecule has 0 unspecified atom stereocenters. The number of pyridine rings is 1. The molecule has 0 aliphatic rings. The van der Waals surface area contributed by atoms with E-state index in [0.717, 1.165) is 0 Å². The highest BCUT2D eigenvalue weighted by Crippen LogP contribution is 2.26. The van der Waals surface area contributed by atoms with Gasteiger partial charge in [-0.2, -0.15) is 0 Å². The average Bonchev–Trinajstić information content (AvgIpc) is 2.65. The molecular weight excluding hydrogens is 394 g/mol. The smallest absolute Gasteiger partial charge is 0.420 e. The minimum absolute atomic E-state index is 0.161. The molecule has 28 heavy (non-hydrogen) atoms. The monoisotopic (exact) mass is 406 g/mol. The number of hydrogen-bond acceptors (Lipinski definition) is 5. The van der Waals surface area contributed by atoms with Crippen LogP contribution in [0.25, 0.3) is 5.69 Å². The molecule has 0 bridgehead atoms. The van der Waals surface area contributed by atoms with Gasteiger partial charge in [0.05, 0.1) is 23.6 Å². The lowest BCUT2D eigenvalue weighted by Crippen LogP contribution is -2.24. The number of carbonyl (C=O) groups excluding carboxylic acids is 1. The highest BCUT2D eigenvalue weighted by atomic mass is 35.5. The molecule has 1 amide bonds. The van der Waals surface area contributed by atoms with Crippen LogP contribution in [0.3, 0.4) is 0 Å².